The summed E-state index contributed by atoms with van der Waals surface area (Å²) in [6, 6.07) is 17.8. The topological polar surface area (TPSA) is 58.4 Å². The predicted molar refractivity (Wildman–Crippen MR) is 117 cm³/mol. The third-order valence-electron chi connectivity index (χ3n) is 5.62. The molecule has 0 atom stereocenters. The first kappa shape index (κ1) is 20.9. The summed E-state index contributed by atoms with van der Waals surface area (Å²) in [6.07, 6.45) is 2.31. The Balaban J connectivity index is 1.31. The molecule has 2 heterocycles. The van der Waals surface area contributed by atoms with Crippen LogP contribution >= 0.6 is 0 Å². The Morgan fingerprint density at radius 1 is 0.968 bits per heavy atom. The van der Waals surface area contributed by atoms with E-state index in [0.717, 1.165) is 26.1 Å². The average Bonchev–Trinajstić information content (AvgIpc) is 2.80. The fourth-order valence-electron chi connectivity index (χ4n) is 3.76. The van der Waals surface area contributed by atoms with Crippen molar-refractivity contribution in [2.75, 3.05) is 32.7 Å². The molecule has 1 aliphatic rings. The molecule has 1 aromatic heterocycles. The van der Waals surface area contributed by atoms with Gasteiger partial charge in [-0.1, -0.05) is 42.5 Å². The van der Waals surface area contributed by atoms with Gasteiger partial charge in [-0.05, 0) is 24.1 Å². The summed E-state index contributed by atoms with van der Waals surface area (Å²) in [6.45, 7) is 3.82. The molecule has 1 saturated heterocycles. The number of hydrogen-bond donors (Lipinski definition) is 0. The minimum absolute atomic E-state index is 0.0621. The fraction of sp³-hybridized carbons (Fsp3) is 0.292. The lowest BCUT2D eigenvalue weighted by molar-refractivity contribution is -0.133. The standard InChI is InChI=1S/C24H25FN4O2/c25-21-9-5-4-8-20(21)22-16-23(30)29(18-26-22)17-24(31)28-14-12-27(13-15-28)11-10-19-6-2-1-3-7-19/h1-9,16,18H,10-15,17H2. The molecule has 4 rings (SSSR count). The SMILES string of the molecule is O=C(Cn1cnc(-c2ccccc2F)cc1=O)N1CCN(CCc2ccccc2)CC1. The predicted octanol–water partition coefficient (Wildman–Crippen LogP) is 2.44. The molecule has 1 fully saturated rings. The second-order valence-corrected chi connectivity index (χ2v) is 7.68. The van der Waals surface area contributed by atoms with Gasteiger partial charge in [-0.25, -0.2) is 9.37 Å². The Morgan fingerprint density at radius 2 is 1.68 bits per heavy atom. The van der Waals surface area contributed by atoms with E-state index < -0.39 is 5.82 Å². The van der Waals surface area contributed by atoms with Crippen molar-refractivity contribution >= 4 is 5.91 Å². The zero-order valence-corrected chi connectivity index (χ0v) is 17.3. The number of benzene rings is 2. The molecular weight excluding hydrogens is 395 g/mol. The van der Waals surface area contributed by atoms with Crippen molar-refractivity contribution in [2.24, 2.45) is 0 Å². The number of amides is 1. The summed E-state index contributed by atoms with van der Waals surface area (Å²) in [7, 11) is 0. The quantitative estimate of drug-likeness (QED) is 0.615. The van der Waals surface area contributed by atoms with Gasteiger partial charge in [0, 0.05) is 44.4 Å². The number of aromatic nitrogens is 2. The van der Waals surface area contributed by atoms with E-state index in [0.29, 0.717) is 13.1 Å². The van der Waals surface area contributed by atoms with Crippen molar-refractivity contribution < 1.29 is 9.18 Å². The molecule has 0 saturated carbocycles. The van der Waals surface area contributed by atoms with Crippen molar-refractivity contribution in [3.8, 4) is 11.3 Å². The Morgan fingerprint density at radius 3 is 2.39 bits per heavy atom. The maximum Gasteiger partial charge on any atom is 0.254 e. The van der Waals surface area contributed by atoms with Gasteiger partial charge in [-0.15, -0.1) is 0 Å². The van der Waals surface area contributed by atoms with Crippen LogP contribution in [0.2, 0.25) is 0 Å². The van der Waals surface area contributed by atoms with E-state index in [-0.39, 0.29) is 29.3 Å². The van der Waals surface area contributed by atoms with Gasteiger partial charge in [-0.2, -0.15) is 0 Å². The number of piperazine rings is 1. The number of nitrogens with zero attached hydrogens (tertiary/aromatic N) is 4. The first-order valence-electron chi connectivity index (χ1n) is 10.5. The van der Waals surface area contributed by atoms with Crippen molar-refractivity contribution in [3.05, 3.63) is 88.7 Å². The highest BCUT2D eigenvalue weighted by molar-refractivity contribution is 5.76. The Hall–Kier alpha value is -3.32. The highest BCUT2D eigenvalue weighted by atomic mass is 19.1. The number of halogens is 1. The maximum atomic E-state index is 13.9. The molecule has 2 aromatic carbocycles. The van der Waals surface area contributed by atoms with Crippen LogP contribution in [-0.2, 0) is 17.8 Å². The van der Waals surface area contributed by atoms with Crippen LogP contribution in [0.1, 0.15) is 5.56 Å². The van der Waals surface area contributed by atoms with Gasteiger partial charge in [0.2, 0.25) is 5.91 Å². The van der Waals surface area contributed by atoms with Gasteiger partial charge >= 0.3 is 0 Å². The summed E-state index contributed by atoms with van der Waals surface area (Å²) in [5.41, 5.74) is 1.47. The molecule has 0 unspecified atom stereocenters. The second-order valence-electron chi connectivity index (χ2n) is 7.68. The van der Waals surface area contributed by atoms with E-state index in [4.69, 9.17) is 0 Å². The van der Waals surface area contributed by atoms with Crippen LogP contribution in [0.4, 0.5) is 4.39 Å². The van der Waals surface area contributed by atoms with E-state index >= 15 is 0 Å². The summed E-state index contributed by atoms with van der Waals surface area (Å²) >= 11 is 0. The summed E-state index contributed by atoms with van der Waals surface area (Å²) in [4.78, 5) is 33.4. The van der Waals surface area contributed by atoms with Gasteiger partial charge in [0.15, 0.2) is 0 Å². The molecule has 160 valence electrons. The highest BCUT2D eigenvalue weighted by Crippen LogP contribution is 2.18. The number of carbonyl (C=O) groups excluding carboxylic acids is 1. The molecule has 0 aliphatic carbocycles. The Bertz CT molecular complexity index is 1090. The van der Waals surface area contributed by atoms with E-state index in [1.54, 1.807) is 23.1 Å². The minimum Gasteiger partial charge on any atom is -0.339 e. The molecule has 0 N–H and O–H groups in total. The van der Waals surface area contributed by atoms with Gasteiger partial charge in [0.05, 0.1) is 12.0 Å². The van der Waals surface area contributed by atoms with Crippen LogP contribution in [0.25, 0.3) is 11.3 Å². The summed E-state index contributed by atoms with van der Waals surface area (Å²) in [5.74, 6) is -0.543. The normalized spacial score (nSPS) is 14.5. The summed E-state index contributed by atoms with van der Waals surface area (Å²) in [5, 5.41) is 0. The van der Waals surface area contributed by atoms with Gasteiger partial charge < -0.3 is 4.90 Å². The van der Waals surface area contributed by atoms with Crippen molar-refractivity contribution in [1.29, 1.82) is 0 Å². The van der Waals surface area contributed by atoms with Gasteiger partial charge in [0.1, 0.15) is 12.4 Å². The maximum absolute atomic E-state index is 13.9. The van der Waals surface area contributed by atoms with E-state index in [1.165, 1.54) is 28.6 Å². The van der Waals surface area contributed by atoms with E-state index in [1.807, 2.05) is 18.2 Å². The van der Waals surface area contributed by atoms with Crippen molar-refractivity contribution in [1.82, 2.24) is 19.4 Å². The molecule has 0 radical (unpaired) electrons. The van der Waals surface area contributed by atoms with Crippen LogP contribution in [0.15, 0.2) is 71.8 Å². The van der Waals surface area contributed by atoms with Crippen LogP contribution in [0, 0.1) is 5.82 Å². The largest absolute Gasteiger partial charge is 0.339 e. The lowest BCUT2D eigenvalue weighted by atomic mass is 10.1. The third-order valence-corrected chi connectivity index (χ3v) is 5.62. The second kappa shape index (κ2) is 9.66. The molecule has 7 heteroatoms. The molecule has 0 bridgehead atoms. The van der Waals surface area contributed by atoms with Crippen LogP contribution < -0.4 is 5.56 Å². The first-order chi connectivity index (χ1) is 15.1. The smallest absolute Gasteiger partial charge is 0.254 e. The van der Waals surface area contributed by atoms with Crippen LogP contribution in [0.3, 0.4) is 0 Å². The third kappa shape index (κ3) is 5.24. The molecule has 0 spiro atoms. The number of carbonyl (C=O) groups is 1. The van der Waals surface area contributed by atoms with E-state index in [9.17, 15) is 14.0 Å². The van der Waals surface area contributed by atoms with Crippen LogP contribution in [-0.4, -0.2) is 58.0 Å². The minimum atomic E-state index is -0.437. The Labute approximate surface area is 180 Å². The highest BCUT2D eigenvalue weighted by Gasteiger charge is 2.21. The van der Waals surface area contributed by atoms with Gasteiger partial charge in [-0.3, -0.25) is 19.1 Å². The van der Waals surface area contributed by atoms with E-state index in [2.05, 4.69) is 22.0 Å². The van der Waals surface area contributed by atoms with Crippen molar-refractivity contribution in [3.63, 3.8) is 0 Å². The van der Waals surface area contributed by atoms with Crippen LogP contribution in [0.5, 0.6) is 0 Å². The molecule has 31 heavy (non-hydrogen) atoms. The lowest BCUT2D eigenvalue weighted by Crippen LogP contribution is -2.50. The fourth-order valence-corrected chi connectivity index (χ4v) is 3.76. The molecule has 6 nitrogen and oxygen atoms in total. The molecule has 1 aliphatic heterocycles. The average molecular weight is 420 g/mol. The monoisotopic (exact) mass is 420 g/mol. The lowest BCUT2D eigenvalue weighted by Gasteiger charge is -2.34. The first-order valence-corrected chi connectivity index (χ1v) is 10.5. The zero-order valence-electron chi connectivity index (χ0n) is 17.3. The molecule has 3 aromatic rings. The Kier molecular flexibility index (Phi) is 6.52. The molecular formula is C24H25FN4O2. The van der Waals surface area contributed by atoms with Gasteiger partial charge in [0.25, 0.3) is 5.56 Å². The summed E-state index contributed by atoms with van der Waals surface area (Å²) < 4.78 is 15.2. The van der Waals surface area contributed by atoms with Crippen molar-refractivity contribution in [2.45, 2.75) is 13.0 Å². The number of rotatable bonds is 6. The zero-order chi connectivity index (χ0) is 21.6. The molecule has 1 amide bonds. The number of hydrogen-bond acceptors (Lipinski definition) is 4.